The van der Waals surface area contributed by atoms with E-state index in [1.807, 2.05) is 46.9 Å². The first kappa shape index (κ1) is 18.0. The van der Waals surface area contributed by atoms with Crippen molar-refractivity contribution in [2.45, 2.75) is 12.8 Å². The summed E-state index contributed by atoms with van der Waals surface area (Å²) in [7, 11) is 0. The standard InChI is InChI=1S/C19H17IN2O2/c20-17-12-15(8-9-18(17)23)11-16(13-21)19(24)22-10-4-7-14-5-2-1-3-6-14/h1-3,5-6,8-9,11-12,23H,4,7,10H2,(H,22,24)/b16-11-. The SMILES string of the molecule is N#C/C(=C/c1ccc(O)c(I)c1)C(=O)NCCCc1ccccc1. The first-order valence-corrected chi connectivity index (χ1v) is 8.60. The lowest BCUT2D eigenvalue weighted by Crippen LogP contribution is -2.25. The quantitative estimate of drug-likeness (QED) is 0.317. The maximum Gasteiger partial charge on any atom is 0.261 e. The molecule has 122 valence electrons. The molecule has 0 unspecified atom stereocenters. The number of nitriles is 1. The molecule has 0 aromatic heterocycles. The number of nitrogens with zero attached hydrogens (tertiary/aromatic N) is 1. The maximum atomic E-state index is 12.1. The molecule has 0 aliphatic rings. The van der Waals surface area contributed by atoms with Crippen LogP contribution in [0.2, 0.25) is 0 Å². The molecule has 0 heterocycles. The lowest BCUT2D eigenvalue weighted by Gasteiger charge is -2.05. The second kappa shape index (κ2) is 9.08. The van der Waals surface area contributed by atoms with E-state index in [2.05, 4.69) is 17.4 Å². The van der Waals surface area contributed by atoms with Crippen molar-refractivity contribution in [1.82, 2.24) is 5.32 Å². The summed E-state index contributed by atoms with van der Waals surface area (Å²) in [6.45, 7) is 0.514. The Morgan fingerprint density at radius 1 is 1.25 bits per heavy atom. The van der Waals surface area contributed by atoms with Crippen LogP contribution in [0.4, 0.5) is 0 Å². The van der Waals surface area contributed by atoms with Crippen LogP contribution in [0.5, 0.6) is 5.75 Å². The Hall–Kier alpha value is -2.33. The van der Waals surface area contributed by atoms with Crippen LogP contribution in [-0.4, -0.2) is 17.6 Å². The molecular weight excluding hydrogens is 415 g/mol. The fourth-order valence-electron chi connectivity index (χ4n) is 2.16. The Bertz CT molecular complexity index is 780. The minimum absolute atomic E-state index is 0.0520. The molecule has 2 aromatic rings. The molecule has 24 heavy (non-hydrogen) atoms. The van der Waals surface area contributed by atoms with Gasteiger partial charge in [-0.1, -0.05) is 36.4 Å². The molecule has 0 spiro atoms. The normalized spacial score (nSPS) is 10.9. The number of carbonyl (C=O) groups excluding carboxylic acids is 1. The van der Waals surface area contributed by atoms with E-state index in [1.54, 1.807) is 18.2 Å². The van der Waals surface area contributed by atoms with Crippen LogP contribution in [0.1, 0.15) is 17.5 Å². The molecule has 0 atom stereocenters. The number of rotatable bonds is 6. The lowest BCUT2D eigenvalue weighted by molar-refractivity contribution is -0.117. The van der Waals surface area contributed by atoms with E-state index >= 15 is 0 Å². The molecule has 0 aliphatic carbocycles. The van der Waals surface area contributed by atoms with Gasteiger partial charge in [-0.05, 0) is 64.8 Å². The van der Waals surface area contributed by atoms with Crippen LogP contribution in [0.3, 0.4) is 0 Å². The predicted molar refractivity (Wildman–Crippen MR) is 102 cm³/mol. The van der Waals surface area contributed by atoms with Crippen molar-refractivity contribution in [2.75, 3.05) is 6.54 Å². The number of aromatic hydroxyl groups is 1. The van der Waals surface area contributed by atoms with Crippen LogP contribution in [0, 0.1) is 14.9 Å². The third kappa shape index (κ3) is 5.39. The number of phenolic OH excluding ortho intramolecular Hbond substituents is 1. The van der Waals surface area contributed by atoms with Gasteiger partial charge in [0.25, 0.3) is 5.91 Å². The molecular formula is C19H17IN2O2. The van der Waals surface area contributed by atoms with Gasteiger partial charge in [0.05, 0.1) is 3.57 Å². The summed E-state index contributed by atoms with van der Waals surface area (Å²) in [6.07, 6.45) is 3.21. The zero-order valence-electron chi connectivity index (χ0n) is 13.0. The number of aryl methyl sites for hydroxylation is 1. The first-order valence-electron chi connectivity index (χ1n) is 7.52. The van der Waals surface area contributed by atoms with Gasteiger partial charge in [-0.15, -0.1) is 0 Å². The maximum absolute atomic E-state index is 12.1. The number of nitrogens with one attached hydrogen (secondary N) is 1. The summed E-state index contributed by atoms with van der Waals surface area (Å²) < 4.78 is 0.668. The van der Waals surface area contributed by atoms with Crippen molar-refractivity contribution >= 4 is 34.6 Å². The summed E-state index contributed by atoms with van der Waals surface area (Å²) in [6, 6.07) is 16.9. The van der Waals surface area contributed by atoms with Crippen molar-refractivity contribution in [3.8, 4) is 11.8 Å². The zero-order valence-corrected chi connectivity index (χ0v) is 15.2. The minimum Gasteiger partial charge on any atom is -0.507 e. The molecule has 0 saturated carbocycles. The third-order valence-corrected chi connectivity index (χ3v) is 4.28. The molecule has 0 radical (unpaired) electrons. The van der Waals surface area contributed by atoms with Gasteiger partial charge in [-0.3, -0.25) is 4.79 Å². The summed E-state index contributed by atoms with van der Waals surface area (Å²) in [5, 5.41) is 21.5. The van der Waals surface area contributed by atoms with Gasteiger partial charge in [-0.2, -0.15) is 5.26 Å². The topological polar surface area (TPSA) is 73.1 Å². The lowest BCUT2D eigenvalue weighted by atomic mass is 10.1. The highest BCUT2D eigenvalue weighted by Gasteiger charge is 2.09. The van der Waals surface area contributed by atoms with Gasteiger partial charge >= 0.3 is 0 Å². The number of benzene rings is 2. The Labute approximate surface area is 155 Å². The zero-order chi connectivity index (χ0) is 17.4. The van der Waals surface area contributed by atoms with Gasteiger partial charge in [0.15, 0.2) is 0 Å². The highest BCUT2D eigenvalue weighted by Crippen LogP contribution is 2.21. The van der Waals surface area contributed by atoms with Gasteiger partial charge in [0.1, 0.15) is 17.4 Å². The third-order valence-electron chi connectivity index (χ3n) is 3.42. The van der Waals surface area contributed by atoms with Crippen LogP contribution < -0.4 is 5.32 Å². The molecule has 4 nitrogen and oxygen atoms in total. The second-order valence-electron chi connectivity index (χ2n) is 5.23. The summed E-state index contributed by atoms with van der Waals surface area (Å²) >= 11 is 2.00. The van der Waals surface area contributed by atoms with Crippen molar-refractivity contribution in [3.63, 3.8) is 0 Å². The molecule has 1 amide bonds. The molecule has 0 aliphatic heterocycles. The smallest absolute Gasteiger partial charge is 0.261 e. The molecule has 5 heteroatoms. The Kier molecular flexibility index (Phi) is 6.82. The van der Waals surface area contributed by atoms with Crippen molar-refractivity contribution in [2.24, 2.45) is 0 Å². The Morgan fingerprint density at radius 3 is 2.67 bits per heavy atom. The number of halogens is 1. The van der Waals surface area contributed by atoms with E-state index in [4.69, 9.17) is 0 Å². The summed E-state index contributed by atoms with van der Waals surface area (Å²) in [5.74, 6) is -0.203. The number of carbonyl (C=O) groups is 1. The fraction of sp³-hybridized carbons (Fsp3) is 0.158. The van der Waals surface area contributed by atoms with Crippen LogP contribution in [0.25, 0.3) is 6.08 Å². The summed E-state index contributed by atoms with van der Waals surface area (Å²) in [5.41, 5.74) is 1.98. The van der Waals surface area contributed by atoms with Gasteiger partial charge in [-0.25, -0.2) is 0 Å². The highest BCUT2D eigenvalue weighted by molar-refractivity contribution is 14.1. The molecule has 0 fully saturated rings. The van der Waals surface area contributed by atoms with Gasteiger partial charge < -0.3 is 10.4 Å². The van der Waals surface area contributed by atoms with Crippen molar-refractivity contribution in [3.05, 3.63) is 68.8 Å². The predicted octanol–water partition coefficient (Wildman–Crippen LogP) is 3.65. The average molecular weight is 432 g/mol. The fourth-order valence-corrected chi connectivity index (χ4v) is 2.70. The van der Waals surface area contributed by atoms with Crippen LogP contribution >= 0.6 is 22.6 Å². The van der Waals surface area contributed by atoms with E-state index in [0.717, 1.165) is 12.8 Å². The van der Waals surface area contributed by atoms with E-state index in [9.17, 15) is 15.2 Å². The average Bonchev–Trinajstić information content (AvgIpc) is 2.60. The number of hydrogen-bond donors (Lipinski definition) is 2. The second-order valence-corrected chi connectivity index (χ2v) is 6.39. The molecule has 2 aromatic carbocycles. The van der Waals surface area contributed by atoms with Crippen LogP contribution in [-0.2, 0) is 11.2 Å². The number of hydrogen-bond acceptors (Lipinski definition) is 3. The Balaban J connectivity index is 1.90. The largest absolute Gasteiger partial charge is 0.507 e. The van der Waals surface area contributed by atoms with Crippen molar-refractivity contribution in [1.29, 1.82) is 5.26 Å². The van der Waals surface area contributed by atoms with Gasteiger partial charge in [0.2, 0.25) is 0 Å². The molecule has 2 N–H and O–H groups in total. The van der Waals surface area contributed by atoms with E-state index in [-0.39, 0.29) is 17.2 Å². The Morgan fingerprint density at radius 2 is 2.00 bits per heavy atom. The molecule has 0 bridgehead atoms. The number of amides is 1. The number of phenols is 1. The van der Waals surface area contributed by atoms with Crippen LogP contribution in [0.15, 0.2) is 54.1 Å². The first-order chi connectivity index (χ1) is 11.6. The summed E-state index contributed by atoms with van der Waals surface area (Å²) in [4.78, 5) is 12.1. The molecule has 2 rings (SSSR count). The van der Waals surface area contributed by atoms with E-state index < -0.39 is 0 Å². The van der Waals surface area contributed by atoms with E-state index in [0.29, 0.717) is 15.7 Å². The highest BCUT2D eigenvalue weighted by atomic mass is 127. The molecule has 0 saturated heterocycles. The van der Waals surface area contributed by atoms with Crippen molar-refractivity contribution < 1.29 is 9.90 Å². The van der Waals surface area contributed by atoms with Gasteiger partial charge in [0, 0.05) is 6.54 Å². The minimum atomic E-state index is -0.381. The van der Waals surface area contributed by atoms with E-state index in [1.165, 1.54) is 11.6 Å². The monoisotopic (exact) mass is 432 g/mol.